The SMILES string of the molecule is O=C(O)CN1CCN2CCN(CCN(CCN(CC(=O)O)CC(=O)O)CC2)CC1.[Lu]. The van der Waals surface area contributed by atoms with Gasteiger partial charge in [0.25, 0.3) is 0 Å². The van der Waals surface area contributed by atoms with E-state index in [9.17, 15) is 14.4 Å². The van der Waals surface area contributed by atoms with Crippen molar-refractivity contribution in [1.29, 1.82) is 0 Å². The van der Waals surface area contributed by atoms with E-state index < -0.39 is 17.9 Å². The Kier molecular flexibility index (Phi) is 13.3. The van der Waals surface area contributed by atoms with Crippen molar-refractivity contribution in [3.05, 3.63) is 0 Å². The van der Waals surface area contributed by atoms with Gasteiger partial charge in [-0.15, -0.1) is 0 Å². The number of carbonyl (C=O) groups is 3. The Morgan fingerprint density at radius 1 is 0.633 bits per heavy atom. The molecular formula is C18H33LuN5O6. The van der Waals surface area contributed by atoms with Gasteiger partial charge in [0.15, 0.2) is 0 Å². The smallest absolute Gasteiger partial charge is 0.317 e. The van der Waals surface area contributed by atoms with Gasteiger partial charge in [-0.2, -0.15) is 0 Å². The molecule has 11 nitrogen and oxygen atoms in total. The fourth-order valence-electron chi connectivity index (χ4n) is 3.76. The molecule has 2 fully saturated rings. The Bertz CT molecular complexity index is 533. The first kappa shape index (κ1) is 27.5. The van der Waals surface area contributed by atoms with Crippen LogP contribution in [-0.4, -0.2) is 156 Å². The van der Waals surface area contributed by atoms with Gasteiger partial charge < -0.3 is 15.3 Å². The van der Waals surface area contributed by atoms with Crippen molar-refractivity contribution >= 4 is 17.9 Å². The summed E-state index contributed by atoms with van der Waals surface area (Å²) in [6.45, 7) is 8.85. The van der Waals surface area contributed by atoms with Gasteiger partial charge in [-0.1, -0.05) is 0 Å². The minimum atomic E-state index is -1.03. The van der Waals surface area contributed by atoms with Crippen molar-refractivity contribution in [3.63, 3.8) is 0 Å². The molecule has 0 aromatic heterocycles. The number of rotatable bonds is 9. The van der Waals surface area contributed by atoms with Crippen LogP contribution >= 0.6 is 0 Å². The minimum absolute atomic E-state index is 0. The molecular weight excluding hydrogens is 557 g/mol. The van der Waals surface area contributed by atoms with E-state index >= 15 is 0 Å². The third-order valence-electron chi connectivity index (χ3n) is 5.47. The summed E-state index contributed by atoms with van der Waals surface area (Å²) in [5, 5.41) is 27.1. The van der Waals surface area contributed by atoms with E-state index in [0.29, 0.717) is 13.1 Å². The van der Waals surface area contributed by atoms with Crippen LogP contribution in [0.2, 0.25) is 0 Å². The third-order valence-corrected chi connectivity index (χ3v) is 5.47. The summed E-state index contributed by atoms with van der Waals surface area (Å²) in [4.78, 5) is 43.4. The Balaban J connectivity index is 0.00000450. The van der Waals surface area contributed by atoms with Gasteiger partial charge in [-0.3, -0.25) is 38.9 Å². The first-order chi connectivity index (χ1) is 13.8. The molecule has 0 saturated carbocycles. The fraction of sp³-hybridized carbons (Fsp3) is 0.833. The molecule has 2 saturated heterocycles. The molecule has 181 valence electrons. The molecule has 2 bridgehead atoms. The van der Waals surface area contributed by atoms with Crippen LogP contribution in [0, 0.1) is 36.9 Å². The summed E-state index contributed by atoms with van der Waals surface area (Å²) in [5.74, 6) is -2.85. The van der Waals surface area contributed by atoms with Crippen LogP contribution in [0.5, 0.6) is 0 Å². The normalized spacial score (nSPS) is 23.9. The number of aliphatic carboxylic acids is 3. The van der Waals surface area contributed by atoms with E-state index in [4.69, 9.17) is 15.3 Å². The summed E-state index contributed by atoms with van der Waals surface area (Å²) >= 11 is 0. The number of nitrogens with zero attached hydrogens (tertiary/aromatic N) is 5. The minimum Gasteiger partial charge on any atom is -0.480 e. The third kappa shape index (κ3) is 11.2. The first-order valence-corrected chi connectivity index (χ1v) is 10.1. The summed E-state index contributed by atoms with van der Waals surface area (Å²) in [5.41, 5.74) is 0. The molecule has 0 amide bonds. The molecule has 1 radical (unpaired) electrons. The summed E-state index contributed by atoms with van der Waals surface area (Å²) < 4.78 is 0. The number of hydrogen-bond donors (Lipinski definition) is 3. The Morgan fingerprint density at radius 2 is 1.03 bits per heavy atom. The zero-order chi connectivity index (χ0) is 21.2. The second-order valence-electron chi connectivity index (χ2n) is 7.69. The van der Waals surface area contributed by atoms with Gasteiger partial charge in [0, 0.05) is 115 Å². The zero-order valence-electron chi connectivity index (χ0n) is 17.2. The van der Waals surface area contributed by atoms with Gasteiger partial charge in [-0.25, -0.2) is 0 Å². The van der Waals surface area contributed by atoms with Crippen LogP contribution < -0.4 is 0 Å². The Hall–Kier alpha value is -0.556. The molecule has 2 rings (SSSR count). The zero-order valence-corrected chi connectivity index (χ0v) is 18.8. The second kappa shape index (κ2) is 14.5. The Labute approximate surface area is 206 Å². The molecule has 0 spiro atoms. The van der Waals surface area contributed by atoms with Gasteiger partial charge in [-0.05, 0) is 0 Å². The van der Waals surface area contributed by atoms with Crippen molar-refractivity contribution in [2.24, 2.45) is 0 Å². The predicted molar refractivity (Wildman–Crippen MR) is 105 cm³/mol. The summed E-state index contributed by atoms with van der Waals surface area (Å²) in [7, 11) is 0. The average Bonchev–Trinajstić information content (AvgIpc) is 2.77. The molecule has 0 aromatic rings. The van der Waals surface area contributed by atoms with Crippen molar-refractivity contribution in [2.75, 3.05) is 98.2 Å². The molecule has 2 atom stereocenters. The van der Waals surface area contributed by atoms with E-state index in [2.05, 4.69) is 14.7 Å². The van der Waals surface area contributed by atoms with Gasteiger partial charge in [0.05, 0.1) is 19.6 Å². The topological polar surface area (TPSA) is 128 Å². The first-order valence-electron chi connectivity index (χ1n) is 10.1. The summed E-state index contributed by atoms with van der Waals surface area (Å²) in [6.07, 6.45) is 0. The Morgan fingerprint density at radius 3 is 1.43 bits per heavy atom. The standard InChI is InChI=1S/C18H33N5O6.Lu/c24-16(25)13-22-10-7-19-1-2-20(8-11-22)4-6-21(5-3-19)9-12-23(14-17(26)27)15-18(28)29;/h1-15H2,(H,24,25)(H,26,27)(H,28,29);. The van der Waals surface area contributed by atoms with E-state index in [1.165, 1.54) is 4.90 Å². The fourth-order valence-corrected chi connectivity index (χ4v) is 3.76. The predicted octanol–water partition coefficient (Wildman–Crippen LogP) is -2.22. The maximum Gasteiger partial charge on any atom is 0.317 e. The molecule has 3 N–H and O–H groups in total. The molecule has 0 aromatic carbocycles. The number of carboxylic acid groups (broad SMARTS) is 3. The van der Waals surface area contributed by atoms with Crippen molar-refractivity contribution in [1.82, 2.24) is 24.5 Å². The second-order valence-corrected chi connectivity index (χ2v) is 7.69. The van der Waals surface area contributed by atoms with E-state index in [0.717, 1.165) is 65.4 Å². The van der Waals surface area contributed by atoms with Gasteiger partial charge in [0.2, 0.25) is 0 Å². The number of hydrogen-bond acceptors (Lipinski definition) is 8. The molecule has 2 aliphatic rings. The average molecular weight is 590 g/mol. The molecule has 0 aliphatic carbocycles. The van der Waals surface area contributed by atoms with Crippen molar-refractivity contribution in [3.8, 4) is 0 Å². The molecule has 2 heterocycles. The van der Waals surface area contributed by atoms with Crippen LogP contribution in [0.3, 0.4) is 0 Å². The van der Waals surface area contributed by atoms with Crippen molar-refractivity contribution in [2.45, 2.75) is 0 Å². The number of carboxylic acids is 3. The van der Waals surface area contributed by atoms with E-state index in [1.807, 2.05) is 4.90 Å². The summed E-state index contributed by atoms with van der Waals surface area (Å²) in [6, 6.07) is 0. The molecule has 30 heavy (non-hydrogen) atoms. The molecule has 2 unspecified atom stereocenters. The van der Waals surface area contributed by atoms with Gasteiger partial charge >= 0.3 is 17.9 Å². The van der Waals surface area contributed by atoms with Crippen LogP contribution in [0.4, 0.5) is 0 Å². The van der Waals surface area contributed by atoms with Crippen molar-refractivity contribution < 1.29 is 66.6 Å². The van der Waals surface area contributed by atoms with Gasteiger partial charge in [0.1, 0.15) is 0 Å². The maximum atomic E-state index is 11.1. The largest absolute Gasteiger partial charge is 0.480 e. The van der Waals surface area contributed by atoms with E-state index in [1.54, 1.807) is 0 Å². The number of fused-ring (bicyclic) bond motifs is 3. The molecule has 12 heteroatoms. The van der Waals surface area contributed by atoms with Crippen LogP contribution in [-0.2, 0) is 14.4 Å². The van der Waals surface area contributed by atoms with Crippen LogP contribution in [0.15, 0.2) is 0 Å². The quantitative estimate of drug-likeness (QED) is 0.270. The van der Waals surface area contributed by atoms with Crippen LogP contribution in [0.1, 0.15) is 0 Å². The molecule has 2 aliphatic heterocycles. The van der Waals surface area contributed by atoms with E-state index in [-0.39, 0.29) is 56.5 Å². The monoisotopic (exact) mass is 590 g/mol. The van der Waals surface area contributed by atoms with Crippen LogP contribution in [0.25, 0.3) is 0 Å². The maximum absolute atomic E-state index is 11.1.